The Bertz CT molecular complexity index is 880. The number of carbonyl (C=O) groups excluding carboxylic acids is 1. The maximum atomic E-state index is 13.0. The molecule has 1 heterocycles. The van der Waals surface area contributed by atoms with Crippen molar-refractivity contribution in [3.8, 4) is 5.75 Å². The van der Waals surface area contributed by atoms with Crippen LogP contribution in [0.3, 0.4) is 0 Å². The van der Waals surface area contributed by atoms with E-state index in [4.69, 9.17) is 4.74 Å². The molecule has 29 heavy (non-hydrogen) atoms. The maximum Gasteiger partial charge on any atom is 0.573 e. The minimum atomic E-state index is -5.26. The van der Waals surface area contributed by atoms with Crippen LogP contribution in [0.25, 0.3) is 0 Å². The summed E-state index contributed by atoms with van der Waals surface area (Å²) in [4.78, 5) is 15.4. The zero-order valence-electron chi connectivity index (χ0n) is 14.6. The van der Waals surface area contributed by atoms with Gasteiger partial charge >= 0.3 is 18.5 Å². The first-order valence-electron chi connectivity index (χ1n) is 7.84. The summed E-state index contributed by atoms with van der Waals surface area (Å²) in [6.07, 6.45) is -9.40. The zero-order valence-corrected chi connectivity index (χ0v) is 15.4. The Labute approximate surface area is 164 Å². The van der Waals surface area contributed by atoms with Crippen molar-refractivity contribution in [2.45, 2.75) is 25.9 Å². The smallest absolute Gasteiger partial charge is 0.466 e. The Hall–Kier alpha value is -2.83. The van der Waals surface area contributed by atoms with Gasteiger partial charge in [-0.05, 0) is 30.7 Å². The molecule has 0 radical (unpaired) electrons. The van der Waals surface area contributed by atoms with E-state index in [1.54, 1.807) is 12.3 Å². The molecule has 0 unspecified atom stereocenters. The number of nitrogens with one attached hydrogen (secondary N) is 1. The summed E-state index contributed by atoms with van der Waals surface area (Å²) in [7, 11) is 0. The summed E-state index contributed by atoms with van der Waals surface area (Å²) in [5.41, 5.74) is 1.16. The average Bonchev–Trinajstić information content (AvgIpc) is 3.01. The minimum absolute atomic E-state index is 0.0503. The van der Waals surface area contributed by atoms with E-state index in [9.17, 15) is 31.1 Å². The molecule has 0 amide bonds. The van der Waals surface area contributed by atoms with Gasteiger partial charge in [-0.2, -0.15) is 18.3 Å². The third-order valence-electron chi connectivity index (χ3n) is 3.09. The van der Waals surface area contributed by atoms with Crippen molar-refractivity contribution in [1.82, 2.24) is 4.98 Å². The third-order valence-corrected chi connectivity index (χ3v) is 3.89. The molecule has 0 saturated carbocycles. The Morgan fingerprint density at radius 2 is 2.00 bits per heavy atom. The largest absolute Gasteiger partial charge is 0.573 e. The van der Waals surface area contributed by atoms with Gasteiger partial charge in [0.2, 0.25) is 5.13 Å². The number of nitrogens with zero attached hydrogens (tertiary/aromatic N) is 2. The molecule has 158 valence electrons. The van der Waals surface area contributed by atoms with Crippen molar-refractivity contribution in [3.63, 3.8) is 0 Å². The van der Waals surface area contributed by atoms with Crippen LogP contribution in [0.4, 0.5) is 31.5 Å². The lowest BCUT2D eigenvalue weighted by molar-refractivity contribution is -0.276. The summed E-state index contributed by atoms with van der Waals surface area (Å²) in [6, 6.07) is 2.01. The number of benzene rings is 1. The van der Waals surface area contributed by atoms with Gasteiger partial charge in [0.25, 0.3) is 0 Å². The summed E-state index contributed by atoms with van der Waals surface area (Å²) in [5.74, 6) is -1.83. The van der Waals surface area contributed by atoms with E-state index in [1.165, 1.54) is 0 Å². The van der Waals surface area contributed by atoms with Crippen molar-refractivity contribution in [2.75, 3.05) is 12.0 Å². The number of alkyl halides is 6. The van der Waals surface area contributed by atoms with Gasteiger partial charge in [-0.25, -0.2) is 4.98 Å². The van der Waals surface area contributed by atoms with Gasteiger partial charge in [0.1, 0.15) is 5.75 Å². The monoisotopic (exact) mass is 441 g/mol. The fourth-order valence-electron chi connectivity index (χ4n) is 2.02. The van der Waals surface area contributed by atoms with Crippen molar-refractivity contribution in [3.05, 3.63) is 40.4 Å². The van der Waals surface area contributed by atoms with Gasteiger partial charge in [-0.15, -0.1) is 24.5 Å². The van der Waals surface area contributed by atoms with Crippen LogP contribution in [0.5, 0.6) is 5.75 Å². The second-order valence-electron chi connectivity index (χ2n) is 5.30. The van der Waals surface area contributed by atoms with Gasteiger partial charge in [0.15, 0.2) is 0 Å². The molecule has 0 fully saturated rings. The Balaban J connectivity index is 2.09. The van der Waals surface area contributed by atoms with Crippen molar-refractivity contribution >= 4 is 28.7 Å². The third kappa shape index (κ3) is 7.25. The topological polar surface area (TPSA) is 72.8 Å². The van der Waals surface area contributed by atoms with Crippen LogP contribution >= 0.6 is 11.3 Å². The number of carbonyl (C=O) groups is 1. The molecule has 13 heteroatoms. The molecule has 0 aliphatic carbocycles. The molecular weight excluding hydrogens is 428 g/mol. The van der Waals surface area contributed by atoms with E-state index in [0.29, 0.717) is 17.8 Å². The number of thiazole rings is 1. The van der Waals surface area contributed by atoms with Crippen LogP contribution in [0.15, 0.2) is 28.7 Å². The number of esters is 1. The zero-order chi connectivity index (χ0) is 21.7. The quantitative estimate of drug-likeness (QED) is 0.294. The highest BCUT2D eigenvalue weighted by atomic mass is 32.1. The number of aromatic nitrogens is 1. The van der Waals surface area contributed by atoms with E-state index in [0.717, 1.165) is 23.6 Å². The van der Waals surface area contributed by atoms with E-state index in [-0.39, 0.29) is 23.7 Å². The molecule has 0 aliphatic rings. The van der Waals surface area contributed by atoms with E-state index in [2.05, 4.69) is 20.2 Å². The molecule has 6 nitrogen and oxygen atoms in total. The van der Waals surface area contributed by atoms with Crippen LogP contribution < -0.4 is 10.2 Å². The number of rotatable bonds is 7. The van der Waals surface area contributed by atoms with Gasteiger partial charge in [0, 0.05) is 5.38 Å². The minimum Gasteiger partial charge on any atom is -0.466 e. The summed E-state index contributed by atoms with van der Waals surface area (Å²) in [5, 5.41) is 5.52. The summed E-state index contributed by atoms with van der Waals surface area (Å²) >= 11 is 1.09. The highest BCUT2D eigenvalue weighted by Gasteiger charge is 2.39. The Morgan fingerprint density at radius 1 is 1.28 bits per heavy atom. The van der Waals surface area contributed by atoms with Gasteiger partial charge < -0.3 is 9.47 Å². The number of hydrogen-bond donors (Lipinski definition) is 1. The lowest BCUT2D eigenvalue weighted by Gasteiger charge is -2.15. The Morgan fingerprint density at radius 3 is 2.62 bits per heavy atom. The second-order valence-corrected chi connectivity index (χ2v) is 6.16. The standard InChI is InChI=1S/C16H13F6N3O3S/c1-2-27-13(26)6-10-8-29-14(24-10)25-23-7-9-3-4-12(28-16(20,21)22)11(5-9)15(17,18)19/h3-5,7-8H,2,6H2,1H3,(H,24,25). The van der Waals surface area contributed by atoms with Crippen molar-refractivity contribution in [1.29, 1.82) is 0 Å². The van der Waals surface area contributed by atoms with Crippen LogP contribution in [-0.2, 0) is 22.1 Å². The maximum absolute atomic E-state index is 13.0. The molecule has 0 saturated heterocycles. The first-order valence-corrected chi connectivity index (χ1v) is 8.72. The van der Waals surface area contributed by atoms with Crippen molar-refractivity contribution < 1.29 is 40.6 Å². The lowest BCUT2D eigenvalue weighted by Crippen LogP contribution is -2.20. The molecule has 1 aromatic carbocycles. The first kappa shape index (κ1) is 22.5. The number of halogens is 6. The highest BCUT2D eigenvalue weighted by molar-refractivity contribution is 7.13. The van der Waals surface area contributed by atoms with Gasteiger partial charge in [0.05, 0.1) is 30.5 Å². The SMILES string of the molecule is CCOC(=O)Cc1csc(NN=Cc2ccc(OC(F)(F)F)c(C(F)(F)F)c2)n1. The van der Waals surface area contributed by atoms with Crippen LogP contribution in [0.2, 0.25) is 0 Å². The Kier molecular flexibility index (Phi) is 7.06. The fourth-order valence-corrected chi connectivity index (χ4v) is 2.68. The molecular formula is C16H13F6N3O3S. The molecule has 0 bridgehead atoms. The van der Waals surface area contributed by atoms with Gasteiger partial charge in [-0.3, -0.25) is 10.2 Å². The molecule has 0 spiro atoms. The highest BCUT2D eigenvalue weighted by Crippen LogP contribution is 2.38. The first-order chi connectivity index (χ1) is 13.5. The molecule has 0 aliphatic heterocycles. The summed E-state index contributed by atoms with van der Waals surface area (Å²) in [6.45, 7) is 1.89. The predicted octanol–water partition coefficient (Wildman–Crippen LogP) is 4.61. The van der Waals surface area contributed by atoms with Crippen LogP contribution in [0, 0.1) is 0 Å². The molecule has 1 aromatic heterocycles. The second kappa shape index (κ2) is 9.11. The normalized spacial score (nSPS) is 12.2. The molecule has 0 atom stereocenters. The number of anilines is 1. The average molecular weight is 441 g/mol. The molecule has 1 N–H and O–H groups in total. The number of hydrogen-bond acceptors (Lipinski definition) is 7. The molecule has 2 aromatic rings. The molecule has 2 rings (SSSR count). The number of hydrazone groups is 1. The predicted molar refractivity (Wildman–Crippen MR) is 91.8 cm³/mol. The van der Waals surface area contributed by atoms with Crippen LogP contribution in [-0.4, -0.2) is 30.1 Å². The summed E-state index contributed by atoms with van der Waals surface area (Å²) < 4.78 is 84.0. The van der Waals surface area contributed by atoms with E-state index < -0.39 is 29.8 Å². The van der Waals surface area contributed by atoms with E-state index in [1.807, 2.05) is 0 Å². The van der Waals surface area contributed by atoms with Crippen molar-refractivity contribution in [2.24, 2.45) is 5.10 Å². The van der Waals surface area contributed by atoms with Crippen LogP contribution in [0.1, 0.15) is 23.7 Å². The number of ether oxygens (including phenoxy) is 2. The fraction of sp³-hybridized carbons (Fsp3) is 0.312. The van der Waals surface area contributed by atoms with Gasteiger partial charge in [-0.1, -0.05) is 0 Å². The van der Waals surface area contributed by atoms with E-state index >= 15 is 0 Å². The lowest BCUT2D eigenvalue weighted by atomic mass is 10.1.